The molecule has 2 aromatic carbocycles. The van der Waals surface area contributed by atoms with Crippen molar-refractivity contribution in [2.75, 3.05) is 53.2 Å². The average molecular weight is 516 g/mol. The molecule has 0 bridgehead atoms. The van der Waals surface area contributed by atoms with E-state index in [9.17, 15) is 13.2 Å². The second-order valence-electron chi connectivity index (χ2n) is 9.44. The zero-order valence-corrected chi connectivity index (χ0v) is 21.5. The third kappa shape index (κ3) is 5.16. The van der Waals surface area contributed by atoms with Crippen LogP contribution in [0.25, 0.3) is 0 Å². The van der Waals surface area contributed by atoms with Gasteiger partial charge in [-0.1, -0.05) is 18.9 Å². The van der Waals surface area contributed by atoms with E-state index in [1.165, 1.54) is 17.5 Å². The van der Waals surface area contributed by atoms with Crippen LogP contribution >= 0.6 is 0 Å². The summed E-state index contributed by atoms with van der Waals surface area (Å²) in [5, 5.41) is 0. The molecule has 0 aromatic heterocycles. The number of benzene rings is 2. The molecule has 0 aliphatic carbocycles. The van der Waals surface area contributed by atoms with Crippen molar-refractivity contribution in [3.05, 3.63) is 47.5 Å². The molecule has 2 aromatic rings. The van der Waals surface area contributed by atoms with E-state index in [1.807, 2.05) is 18.2 Å². The summed E-state index contributed by atoms with van der Waals surface area (Å²) in [6, 6.07) is 10.7. The lowest BCUT2D eigenvalue weighted by Crippen LogP contribution is -2.48. The van der Waals surface area contributed by atoms with Gasteiger partial charge in [0.2, 0.25) is 16.8 Å². The molecular formula is C26H33N3O6S. The first kappa shape index (κ1) is 24.9. The normalized spacial score (nSPS) is 19.2. The minimum Gasteiger partial charge on any atom is -0.495 e. The Kier molecular flexibility index (Phi) is 7.36. The summed E-state index contributed by atoms with van der Waals surface area (Å²) in [7, 11) is -2.30. The Labute approximate surface area is 212 Å². The topological polar surface area (TPSA) is 88.6 Å². The molecule has 0 saturated carbocycles. The third-order valence-electron chi connectivity index (χ3n) is 7.10. The number of amides is 1. The number of ether oxygens (including phenoxy) is 3. The van der Waals surface area contributed by atoms with Crippen molar-refractivity contribution in [2.45, 2.75) is 37.1 Å². The van der Waals surface area contributed by atoms with Crippen LogP contribution in [0.5, 0.6) is 17.2 Å². The zero-order valence-electron chi connectivity index (χ0n) is 20.6. The molecule has 10 heteroatoms. The fourth-order valence-electron chi connectivity index (χ4n) is 5.02. The van der Waals surface area contributed by atoms with Crippen molar-refractivity contribution in [1.29, 1.82) is 0 Å². The highest BCUT2D eigenvalue weighted by Gasteiger charge is 2.30. The third-order valence-corrected chi connectivity index (χ3v) is 9.02. The van der Waals surface area contributed by atoms with Gasteiger partial charge < -0.3 is 19.1 Å². The number of fused-ring (bicyclic) bond motifs is 1. The van der Waals surface area contributed by atoms with Gasteiger partial charge >= 0.3 is 0 Å². The van der Waals surface area contributed by atoms with Crippen molar-refractivity contribution in [1.82, 2.24) is 14.1 Å². The highest BCUT2D eigenvalue weighted by atomic mass is 32.2. The van der Waals surface area contributed by atoms with Gasteiger partial charge in [0, 0.05) is 51.4 Å². The molecule has 9 nitrogen and oxygen atoms in total. The summed E-state index contributed by atoms with van der Waals surface area (Å²) < 4.78 is 44.7. The zero-order chi connectivity index (χ0) is 25.1. The average Bonchev–Trinajstić information content (AvgIpc) is 3.18. The molecule has 3 heterocycles. The smallest absolute Gasteiger partial charge is 0.253 e. The fraction of sp³-hybridized carbons (Fsp3) is 0.500. The molecule has 2 saturated heterocycles. The number of hydrogen-bond donors (Lipinski definition) is 0. The SMILES string of the molecule is COc1ccc(C(=O)N2CCN(Cc3ccc4c(c3)OCO4)CC2)cc1S(=O)(=O)N1CCCCCC1. The van der Waals surface area contributed by atoms with Crippen LogP contribution in [0.15, 0.2) is 41.3 Å². The molecule has 1 amide bonds. The lowest BCUT2D eigenvalue weighted by molar-refractivity contribution is 0.0628. The predicted molar refractivity (Wildman–Crippen MR) is 134 cm³/mol. The van der Waals surface area contributed by atoms with Gasteiger partial charge in [0.05, 0.1) is 7.11 Å². The Balaban J connectivity index is 1.26. The molecule has 0 spiro atoms. The van der Waals surface area contributed by atoms with Crippen LogP contribution in [0.1, 0.15) is 41.6 Å². The quantitative estimate of drug-likeness (QED) is 0.585. The van der Waals surface area contributed by atoms with Crippen molar-refractivity contribution in [2.24, 2.45) is 0 Å². The Bertz CT molecular complexity index is 1200. The van der Waals surface area contributed by atoms with Crippen LogP contribution in [-0.4, -0.2) is 81.6 Å². The first-order valence-electron chi connectivity index (χ1n) is 12.5. The summed E-state index contributed by atoms with van der Waals surface area (Å²) >= 11 is 0. The van der Waals surface area contributed by atoms with Crippen molar-refractivity contribution in [3.8, 4) is 17.2 Å². The van der Waals surface area contributed by atoms with Gasteiger partial charge in [0.1, 0.15) is 10.6 Å². The number of carbonyl (C=O) groups is 1. The van der Waals surface area contributed by atoms with Crippen LogP contribution in [0.3, 0.4) is 0 Å². The molecule has 194 valence electrons. The summed E-state index contributed by atoms with van der Waals surface area (Å²) in [4.78, 5) is 17.5. The largest absolute Gasteiger partial charge is 0.495 e. The standard InChI is InChI=1S/C26H33N3O6S/c1-33-23-9-7-21(17-25(23)36(31,32)29-10-4-2-3-5-11-29)26(30)28-14-12-27(13-15-28)18-20-6-8-22-24(16-20)35-19-34-22/h6-9,16-17H,2-5,10-15,18-19H2,1H3. The monoisotopic (exact) mass is 515 g/mol. The lowest BCUT2D eigenvalue weighted by atomic mass is 10.1. The van der Waals surface area contributed by atoms with Crippen LogP contribution in [-0.2, 0) is 16.6 Å². The van der Waals surface area contributed by atoms with Gasteiger partial charge in [-0.15, -0.1) is 0 Å². The highest BCUT2D eigenvalue weighted by Crippen LogP contribution is 2.33. The van der Waals surface area contributed by atoms with E-state index in [4.69, 9.17) is 14.2 Å². The van der Waals surface area contributed by atoms with Gasteiger partial charge in [0.15, 0.2) is 11.5 Å². The maximum atomic E-state index is 13.5. The van der Waals surface area contributed by atoms with Crippen molar-refractivity contribution < 1.29 is 27.4 Å². The van der Waals surface area contributed by atoms with E-state index < -0.39 is 10.0 Å². The van der Waals surface area contributed by atoms with E-state index in [0.717, 1.165) is 62.4 Å². The summed E-state index contributed by atoms with van der Waals surface area (Å²) in [5.41, 5.74) is 1.51. The minimum absolute atomic E-state index is 0.0687. The van der Waals surface area contributed by atoms with Gasteiger partial charge in [-0.2, -0.15) is 4.31 Å². The molecule has 3 aliphatic heterocycles. The maximum absolute atomic E-state index is 13.5. The number of nitrogens with zero attached hydrogens (tertiary/aromatic N) is 3. The number of piperazine rings is 1. The predicted octanol–water partition coefficient (Wildman–Crippen LogP) is 2.95. The number of rotatable bonds is 6. The maximum Gasteiger partial charge on any atom is 0.253 e. The Hall–Kier alpha value is -2.82. The van der Waals surface area contributed by atoms with Gasteiger partial charge in [0.25, 0.3) is 5.91 Å². The van der Waals surface area contributed by atoms with E-state index in [1.54, 1.807) is 17.0 Å². The molecule has 0 radical (unpaired) electrons. The molecule has 5 rings (SSSR count). The first-order valence-corrected chi connectivity index (χ1v) is 14.0. The van der Waals surface area contributed by atoms with E-state index in [0.29, 0.717) is 31.7 Å². The molecule has 0 unspecified atom stereocenters. The molecular weight excluding hydrogens is 482 g/mol. The van der Waals surface area contributed by atoms with E-state index in [-0.39, 0.29) is 23.3 Å². The van der Waals surface area contributed by atoms with E-state index >= 15 is 0 Å². The summed E-state index contributed by atoms with van der Waals surface area (Å²) in [6.45, 7) is 4.62. The fourth-order valence-corrected chi connectivity index (χ4v) is 6.72. The van der Waals surface area contributed by atoms with Crippen LogP contribution in [0.4, 0.5) is 0 Å². The Morgan fingerprint density at radius 1 is 0.889 bits per heavy atom. The van der Waals surface area contributed by atoms with E-state index in [2.05, 4.69) is 4.90 Å². The van der Waals surface area contributed by atoms with Crippen LogP contribution in [0, 0.1) is 0 Å². The van der Waals surface area contributed by atoms with Gasteiger partial charge in [-0.25, -0.2) is 8.42 Å². The number of carbonyl (C=O) groups excluding carboxylic acids is 1. The lowest BCUT2D eigenvalue weighted by Gasteiger charge is -2.35. The Morgan fingerprint density at radius 2 is 1.61 bits per heavy atom. The summed E-state index contributed by atoms with van der Waals surface area (Å²) in [5.74, 6) is 1.65. The number of hydrogen-bond acceptors (Lipinski definition) is 7. The van der Waals surface area contributed by atoms with Gasteiger partial charge in [-0.05, 0) is 48.7 Å². The molecule has 2 fully saturated rings. The molecule has 3 aliphatic rings. The van der Waals surface area contributed by atoms with Crippen LogP contribution < -0.4 is 14.2 Å². The second kappa shape index (κ2) is 10.7. The summed E-state index contributed by atoms with van der Waals surface area (Å²) in [6.07, 6.45) is 3.75. The number of sulfonamides is 1. The molecule has 0 N–H and O–H groups in total. The van der Waals surface area contributed by atoms with Gasteiger partial charge in [-0.3, -0.25) is 9.69 Å². The van der Waals surface area contributed by atoms with Crippen molar-refractivity contribution in [3.63, 3.8) is 0 Å². The number of methoxy groups -OCH3 is 1. The first-order chi connectivity index (χ1) is 17.5. The van der Waals surface area contributed by atoms with Crippen LogP contribution in [0.2, 0.25) is 0 Å². The highest BCUT2D eigenvalue weighted by molar-refractivity contribution is 7.89. The molecule has 36 heavy (non-hydrogen) atoms. The molecule has 0 atom stereocenters. The second-order valence-corrected chi connectivity index (χ2v) is 11.3. The minimum atomic E-state index is -3.75. The Morgan fingerprint density at radius 3 is 2.33 bits per heavy atom. The van der Waals surface area contributed by atoms with Crippen molar-refractivity contribution >= 4 is 15.9 Å².